The molecule has 0 atom stereocenters. The van der Waals surface area contributed by atoms with Gasteiger partial charge in [-0.15, -0.1) is 0 Å². The first-order chi connectivity index (χ1) is 14.5. The van der Waals surface area contributed by atoms with Crippen molar-refractivity contribution in [2.24, 2.45) is 0 Å². The van der Waals surface area contributed by atoms with Gasteiger partial charge in [0.05, 0.1) is 34.6 Å². The summed E-state index contributed by atoms with van der Waals surface area (Å²) in [6.07, 6.45) is 6.33. The molecular formula is C22H23N5O3. The van der Waals surface area contributed by atoms with E-state index in [1.807, 2.05) is 28.9 Å². The third-order valence-corrected chi connectivity index (χ3v) is 5.47. The SMILES string of the molecule is Cc1cc(C(=O)NCc2cc(-c3ccccn3)n(C3CCCC3)n2)ccc1[N+](=O)[O-]. The summed E-state index contributed by atoms with van der Waals surface area (Å²) in [6, 6.07) is 12.5. The quantitative estimate of drug-likeness (QED) is 0.489. The number of carbonyl (C=O) groups excluding carboxylic acids is 1. The number of aromatic nitrogens is 3. The molecule has 2 heterocycles. The van der Waals surface area contributed by atoms with Gasteiger partial charge in [0.1, 0.15) is 0 Å². The molecule has 0 unspecified atom stereocenters. The molecule has 1 aliphatic rings. The van der Waals surface area contributed by atoms with Crippen LogP contribution in [0.15, 0.2) is 48.7 Å². The van der Waals surface area contributed by atoms with Crippen molar-refractivity contribution in [2.75, 3.05) is 0 Å². The highest BCUT2D eigenvalue weighted by Crippen LogP contribution is 2.33. The van der Waals surface area contributed by atoms with Gasteiger partial charge in [0.2, 0.25) is 0 Å². The van der Waals surface area contributed by atoms with E-state index in [1.54, 1.807) is 13.1 Å². The molecule has 0 saturated heterocycles. The van der Waals surface area contributed by atoms with Gasteiger partial charge < -0.3 is 5.32 Å². The van der Waals surface area contributed by atoms with Gasteiger partial charge in [0, 0.05) is 23.4 Å². The normalized spacial score (nSPS) is 14.0. The number of nitro groups is 1. The number of benzene rings is 1. The Balaban J connectivity index is 1.53. The Bertz CT molecular complexity index is 1070. The highest BCUT2D eigenvalue weighted by atomic mass is 16.6. The molecule has 3 aromatic rings. The summed E-state index contributed by atoms with van der Waals surface area (Å²) >= 11 is 0. The van der Waals surface area contributed by atoms with E-state index in [-0.39, 0.29) is 18.1 Å². The summed E-state index contributed by atoms with van der Waals surface area (Å²) in [6.45, 7) is 1.89. The van der Waals surface area contributed by atoms with Crippen LogP contribution in [0.2, 0.25) is 0 Å². The topological polar surface area (TPSA) is 103 Å². The fourth-order valence-electron chi connectivity index (χ4n) is 3.94. The van der Waals surface area contributed by atoms with Crippen LogP contribution in [-0.4, -0.2) is 25.6 Å². The third-order valence-electron chi connectivity index (χ3n) is 5.47. The van der Waals surface area contributed by atoms with E-state index in [0.717, 1.165) is 29.9 Å². The molecule has 4 rings (SSSR count). The number of hydrogen-bond acceptors (Lipinski definition) is 5. The van der Waals surface area contributed by atoms with Crippen LogP contribution in [0.1, 0.15) is 53.3 Å². The molecule has 1 aromatic carbocycles. The Morgan fingerprint density at radius 3 is 2.70 bits per heavy atom. The van der Waals surface area contributed by atoms with Gasteiger partial charge in [0.25, 0.3) is 11.6 Å². The van der Waals surface area contributed by atoms with E-state index < -0.39 is 4.92 Å². The van der Waals surface area contributed by atoms with E-state index in [9.17, 15) is 14.9 Å². The lowest BCUT2D eigenvalue weighted by Gasteiger charge is -2.13. The maximum Gasteiger partial charge on any atom is 0.272 e. The predicted octanol–water partition coefficient (Wildman–Crippen LogP) is 4.21. The first-order valence-electron chi connectivity index (χ1n) is 10.1. The molecule has 1 amide bonds. The molecule has 8 heteroatoms. The van der Waals surface area contributed by atoms with E-state index in [2.05, 4.69) is 10.3 Å². The predicted molar refractivity (Wildman–Crippen MR) is 112 cm³/mol. The molecule has 1 aliphatic carbocycles. The molecule has 2 aromatic heterocycles. The first-order valence-corrected chi connectivity index (χ1v) is 10.1. The number of rotatable bonds is 6. The molecule has 8 nitrogen and oxygen atoms in total. The average Bonchev–Trinajstić information content (AvgIpc) is 3.42. The first kappa shape index (κ1) is 19.8. The molecule has 0 spiro atoms. The Morgan fingerprint density at radius 2 is 2.03 bits per heavy atom. The number of amides is 1. The minimum absolute atomic E-state index is 0.00172. The van der Waals surface area contributed by atoms with Crippen LogP contribution in [0.5, 0.6) is 0 Å². The maximum atomic E-state index is 12.5. The lowest BCUT2D eigenvalue weighted by Crippen LogP contribution is -2.23. The Morgan fingerprint density at radius 1 is 1.23 bits per heavy atom. The molecule has 1 saturated carbocycles. The average molecular weight is 405 g/mol. The Labute approximate surface area is 174 Å². The fourth-order valence-corrected chi connectivity index (χ4v) is 3.94. The van der Waals surface area contributed by atoms with E-state index in [0.29, 0.717) is 17.2 Å². The van der Waals surface area contributed by atoms with Gasteiger partial charge in [-0.25, -0.2) is 0 Å². The van der Waals surface area contributed by atoms with Crippen molar-refractivity contribution in [3.8, 4) is 11.4 Å². The number of carbonyl (C=O) groups is 1. The standard InChI is InChI=1S/C22H23N5O3/c1-15-12-16(9-10-20(15)27(29)30)22(28)24-14-17-13-21(19-8-4-5-11-23-19)26(25-17)18-6-2-3-7-18/h4-5,8-13,18H,2-3,6-7,14H2,1H3,(H,24,28). The van der Waals surface area contributed by atoms with Crippen molar-refractivity contribution in [1.82, 2.24) is 20.1 Å². The Hall–Kier alpha value is -3.55. The molecule has 30 heavy (non-hydrogen) atoms. The lowest BCUT2D eigenvalue weighted by atomic mass is 10.1. The number of nitrogens with one attached hydrogen (secondary N) is 1. The van der Waals surface area contributed by atoms with Gasteiger partial charge in [-0.2, -0.15) is 5.10 Å². The fraction of sp³-hybridized carbons (Fsp3) is 0.318. The van der Waals surface area contributed by atoms with Crippen molar-refractivity contribution in [3.05, 3.63) is 75.6 Å². The minimum Gasteiger partial charge on any atom is -0.346 e. The molecule has 1 fully saturated rings. The van der Waals surface area contributed by atoms with Gasteiger partial charge in [-0.05, 0) is 50.1 Å². The second-order valence-corrected chi connectivity index (χ2v) is 7.56. The summed E-state index contributed by atoms with van der Waals surface area (Å²) in [7, 11) is 0. The van der Waals surface area contributed by atoms with Crippen molar-refractivity contribution in [2.45, 2.75) is 45.2 Å². The molecule has 1 N–H and O–H groups in total. The maximum absolute atomic E-state index is 12.5. The lowest BCUT2D eigenvalue weighted by molar-refractivity contribution is -0.385. The zero-order valence-electron chi connectivity index (χ0n) is 16.7. The van der Waals surface area contributed by atoms with Crippen LogP contribution in [0, 0.1) is 17.0 Å². The molecule has 0 radical (unpaired) electrons. The van der Waals surface area contributed by atoms with E-state index >= 15 is 0 Å². The van der Waals surface area contributed by atoms with Gasteiger partial charge in [-0.1, -0.05) is 18.9 Å². The van der Waals surface area contributed by atoms with E-state index in [1.165, 1.54) is 31.0 Å². The summed E-state index contributed by atoms with van der Waals surface area (Å²) in [5.41, 5.74) is 3.42. The zero-order valence-corrected chi connectivity index (χ0v) is 16.7. The van der Waals surface area contributed by atoms with Crippen LogP contribution in [-0.2, 0) is 6.54 Å². The monoisotopic (exact) mass is 405 g/mol. The smallest absolute Gasteiger partial charge is 0.272 e. The van der Waals surface area contributed by atoms with Crippen molar-refractivity contribution in [1.29, 1.82) is 0 Å². The minimum atomic E-state index is -0.453. The van der Waals surface area contributed by atoms with Crippen LogP contribution in [0.3, 0.4) is 0 Å². The van der Waals surface area contributed by atoms with E-state index in [4.69, 9.17) is 5.10 Å². The van der Waals surface area contributed by atoms with Crippen molar-refractivity contribution in [3.63, 3.8) is 0 Å². The Kier molecular flexibility index (Phi) is 5.56. The van der Waals surface area contributed by atoms with Crippen LogP contribution in [0.4, 0.5) is 5.69 Å². The summed E-state index contributed by atoms with van der Waals surface area (Å²) < 4.78 is 2.05. The molecular weight excluding hydrogens is 382 g/mol. The highest BCUT2D eigenvalue weighted by molar-refractivity contribution is 5.94. The van der Waals surface area contributed by atoms with Crippen LogP contribution >= 0.6 is 0 Å². The van der Waals surface area contributed by atoms with Crippen molar-refractivity contribution >= 4 is 11.6 Å². The third kappa shape index (κ3) is 4.07. The molecule has 154 valence electrons. The number of nitrogens with zero attached hydrogens (tertiary/aromatic N) is 4. The molecule has 0 aliphatic heterocycles. The second kappa shape index (κ2) is 8.44. The van der Waals surface area contributed by atoms with Gasteiger partial charge in [-0.3, -0.25) is 24.6 Å². The number of nitro benzene ring substituents is 1. The summed E-state index contributed by atoms with van der Waals surface area (Å²) in [5.74, 6) is -0.289. The summed E-state index contributed by atoms with van der Waals surface area (Å²) in [4.78, 5) is 27.5. The van der Waals surface area contributed by atoms with Gasteiger partial charge >= 0.3 is 0 Å². The number of aryl methyl sites for hydroxylation is 1. The number of pyridine rings is 1. The molecule has 0 bridgehead atoms. The number of hydrogen-bond donors (Lipinski definition) is 1. The zero-order chi connectivity index (χ0) is 21.1. The van der Waals surface area contributed by atoms with Gasteiger partial charge in [0.15, 0.2) is 0 Å². The van der Waals surface area contributed by atoms with Crippen LogP contribution < -0.4 is 5.32 Å². The van der Waals surface area contributed by atoms with Crippen molar-refractivity contribution < 1.29 is 9.72 Å². The highest BCUT2D eigenvalue weighted by Gasteiger charge is 2.22. The van der Waals surface area contributed by atoms with Crippen LogP contribution in [0.25, 0.3) is 11.4 Å². The summed E-state index contributed by atoms with van der Waals surface area (Å²) in [5, 5.41) is 18.6. The largest absolute Gasteiger partial charge is 0.346 e. The second-order valence-electron chi connectivity index (χ2n) is 7.56.